The van der Waals surface area contributed by atoms with Crippen molar-refractivity contribution in [1.29, 1.82) is 0 Å². The Bertz CT molecular complexity index is 1970. The molecular weight excluding hydrogens is 668 g/mol. The van der Waals surface area contributed by atoms with E-state index in [1.807, 2.05) is 0 Å². The molecule has 254 valence electrons. The maximum atomic E-state index is 14.4. The van der Waals surface area contributed by atoms with Crippen molar-refractivity contribution in [3.05, 3.63) is 144 Å². The first-order chi connectivity index (χ1) is 23.4. The van der Waals surface area contributed by atoms with Gasteiger partial charge in [-0.25, -0.2) is 56.8 Å². The predicted molar refractivity (Wildman–Crippen MR) is 166 cm³/mol. The second-order valence-electron chi connectivity index (χ2n) is 11.1. The first-order valence-corrected chi connectivity index (χ1v) is 15.0. The first-order valence-electron chi connectivity index (χ1n) is 14.6. The van der Waals surface area contributed by atoms with Crippen LogP contribution in [-0.2, 0) is 24.3 Å². The summed E-state index contributed by atoms with van der Waals surface area (Å²) in [4.78, 5) is 23.5. The maximum absolute atomic E-state index is 14.4. The van der Waals surface area contributed by atoms with Crippen molar-refractivity contribution < 1.29 is 27.8 Å². The van der Waals surface area contributed by atoms with Gasteiger partial charge in [-0.3, -0.25) is 0 Å². The van der Waals surface area contributed by atoms with Crippen LogP contribution in [0.15, 0.2) is 92.7 Å². The third-order valence-corrected chi connectivity index (χ3v) is 8.32. The van der Waals surface area contributed by atoms with Crippen LogP contribution in [0, 0.1) is 23.3 Å². The molecule has 4 atom stereocenters. The van der Waals surface area contributed by atoms with Crippen LogP contribution in [0.5, 0.6) is 0 Å². The number of benzene rings is 2. The van der Waals surface area contributed by atoms with Crippen LogP contribution >= 0.6 is 11.6 Å². The molecule has 4 aromatic heterocycles. The molecule has 2 aromatic carbocycles. The van der Waals surface area contributed by atoms with Crippen molar-refractivity contribution in [3.63, 3.8) is 0 Å². The Balaban J connectivity index is 0.000000191. The molecule has 0 amide bonds. The average molecular weight is 697 g/mol. The number of aliphatic hydroxyl groups is 2. The minimum atomic E-state index is -1.77. The Morgan fingerprint density at radius 3 is 1.59 bits per heavy atom. The highest BCUT2D eigenvalue weighted by Crippen LogP contribution is 2.40. The SMILES string of the molecule is CC(c1cc(Cl)ncn1)C(O)(Cn1cncn1)c1ccc(F)cc1F.CC(c1ccncn1)C(O)(Cn1cncn1)c1ccc(F)cc1F. The molecule has 0 aliphatic rings. The largest absolute Gasteiger partial charge is 0.382 e. The molecule has 0 spiro atoms. The molecule has 4 heterocycles. The van der Waals surface area contributed by atoms with Crippen LogP contribution in [0.1, 0.15) is 48.2 Å². The van der Waals surface area contributed by atoms with E-state index in [1.54, 1.807) is 19.9 Å². The van der Waals surface area contributed by atoms with Crippen LogP contribution in [0.4, 0.5) is 17.6 Å². The first kappa shape index (κ1) is 35.1. The maximum Gasteiger partial charge on any atom is 0.137 e. The van der Waals surface area contributed by atoms with E-state index >= 15 is 0 Å². The Hall–Kier alpha value is -5.19. The molecule has 6 rings (SSSR count). The molecule has 49 heavy (non-hydrogen) atoms. The molecule has 0 fully saturated rings. The van der Waals surface area contributed by atoms with Gasteiger partial charge in [-0.2, -0.15) is 10.2 Å². The minimum Gasteiger partial charge on any atom is -0.382 e. The third-order valence-electron chi connectivity index (χ3n) is 8.11. The van der Waals surface area contributed by atoms with Gasteiger partial charge in [0.1, 0.15) is 77.6 Å². The van der Waals surface area contributed by atoms with Gasteiger partial charge in [-0.15, -0.1) is 0 Å². The lowest BCUT2D eigenvalue weighted by atomic mass is 9.80. The predicted octanol–water partition coefficient (Wildman–Crippen LogP) is 4.73. The van der Waals surface area contributed by atoms with Gasteiger partial charge < -0.3 is 10.2 Å². The van der Waals surface area contributed by atoms with Crippen molar-refractivity contribution in [2.45, 2.75) is 50.0 Å². The Morgan fingerprint density at radius 2 is 1.16 bits per heavy atom. The lowest BCUT2D eigenvalue weighted by Gasteiger charge is -2.34. The summed E-state index contributed by atoms with van der Waals surface area (Å²) in [6.45, 7) is 3.19. The van der Waals surface area contributed by atoms with Gasteiger partial charge in [0.25, 0.3) is 0 Å². The standard InChI is InChI=1S/C16H14ClF2N5O.C16H15F2N5O/c1-10(14-5-15(17)22-8-21-14)16(25,6-24-9-20-7-23-24)12-3-2-11(18)4-13(12)19;1-11(15-4-5-19-8-21-15)16(24,7-23-10-20-9-22-23)13-3-2-12(17)6-14(13)18/h2-5,7-10,25H,6H2,1H3;2-6,8-11,24H,7H2,1H3. The highest BCUT2D eigenvalue weighted by molar-refractivity contribution is 6.29. The van der Waals surface area contributed by atoms with Crippen LogP contribution in [0.2, 0.25) is 5.15 Å². The van der Waals surface area contributed by atoms with Crippen molar-refractivity contribution >= 4 is 11.6 Å². The van der Waals surface area contributed by atoms with Gasteiger partial charge in [-0.05, 0) is 24.3 Å². The Labute approximate surface area is 282 Å². The van der Waals surface area contributed by atoms with Crippen molar-refractivity contribution in [2.75, 3.05) is 0 Å². The number of rotatable bonds is 10. The molecular formula is C32H29ClF4N10O2. The third kappa shape index (κ3) is 7.93. The highest BCUT2D eigenvalue weighted by Gasteiger charge is 2.42. The summed E-state index contributed by atoms with van der Waals surface area (Å²) >= 11 is 5.90. The number of halogens is 5. The Morgan fingerprint density at radius 1 is 0.653 bits per heavy atom. The summed E-state index contributed by atoms with van der Waals surface area (Å²) in [5.41, 5.74) is -2.66. The fourth-order valence-corrected chi connectivity index (χ4v) is 5.50. The number of hydrogen-bond acceptors (Lipinski definition) is 10. The van der Waals surface area contributed by atoms with Crippen LogP contribution in [0.3, 0.4) is 0 Å². The summed E-state index contributed by atoms with van der Waals surface area (Å²) < 4.78 is 58.1. The fourth-order valence-electron chi connectivity index (χ4n) is 5.34. The molecule has 0 aliphatic carbocycles. The summed E-state index contributed by atoms with van der Waals surface area (Å²) in [5, 5.41) is 30.8. The number of nitrogens with zero attached hydrogens (tertiary/aromatic N) is 10. The highest BCUT2D eigenvalue weighted by atomic mass is 35.5. The van der Waals surface area contributed by atoms with Gasteiger partial charge >= 0.3 is 0 Å². The molecule has 0 saturated heterocycles. The summed E-state index contributed by atoms with van der Waals surface area (Å²) in [7, 11) is 0. The topological polar surface area (TPSA) is 153 Å². The molecule has 6 aromatic rings. The fraction of sp³-hybridized carbons (Fsp3) is 0.250. The number of aromatic nitrogens is 10. The van der Waals surface area contributed by atoms with Gasteiger partial charge in [0.15, 0.2) is 0 Å². The summed E-state index contributed by atoms with van der Waals surface area (Å²) in [6, 6.07) is 9.23. The van der Waals surface area contributed by atoms with Crippen LogP contribution < -0.4 is 0 Å². The van der Waals surface area contributed by atoms with Gasteiger partial charge in [0.05, 0.1) is 18.8 Å². The smallest absolute Gasteiger partial charge is 0.137 e. The molecule has 17 heteroatoms. The van der Waals surface area contributed by atoms with Gasteiger partial charge in [0.2, 0.25) is 0 Å². The molecule has 0 aliphatic heterocycles. The van der Waals surface area contributed by atoms with E-state index in [9.17, 15) is 27.8 Å². The van der Waals surface area contributed by atoms with E-state index in [-0.39, 0.29) is 29.4 Å². The molecule has 2 N–H and O–H groups in total. The van der Waals surface area contributed by atoms with E-state index in [2.05, 4.69) is 40.1 Å². The normalized spacial score (nSPS) is 15.0. The van der Waals surface area contributed by atoms with Crippen molar-refractivity contribution in [3.8, 4) is 0 Å². The van der Waals surface area contributed by atoms with E-state index in [0.29, 0.717) is 11.4 Å². The monoisotopic (exact) mass is 696 g/mol. The number of hydrogen-bond donors (Lipinski definition) is 2. The summed E-state index contributed by atoms with van der Waals surface area (Å²) in [6.07, 6.45) is 9.57. The lowest BCUT2D eigenvalue weighted by molar-refractivity contribution is -0.0127. The van der Waals surface area contributed by atoms with E-state index in [1.165, 1.54) is 71.7 Å². The second kappa shape index (κ2) is 14.9. The van der Waals surface area contributed by atoms with Crippen LogP contribution in [0.25, 0.3) is 0 Å². The quantitative estimate of drug-likeness (QED) is 0.152. The van der Waals surface area contributed by atoms with E-state index in [0.717, 1.165) is 24.3 Å². The van der Waals surface area contributed by atoms with Crippen molar-refractivity contribution in [2.24, 2.45) is 0 Å². The molecule has 4 unspecified atom stereocenters. The van der Waals surface area contributed by atoms with Gasteiger partial charge in [0, 0.05) is 47.0 Å². The Kier molecular flexibility index (Phi) is 10.7. The second-order valence-corrected chi connectivity index (χ2v) is 11.5. The molecule has 0 bridgehead atoms. The summed E-state index contributed by atoms with van der Waals surface area (Å²) in [5.74, 6) is -4.45. The van der Waals surface area contributed by atoms with Crippen LogP contribution in [-0.4, -0.2) is 59.7 Å². The van der Waals surface area contributed by atoms with E-state index in [4.69, 9.17) is 11.6 Å². The lowest BCUT2D eigenvalue weighted by Crippen LogP contribution is -2.38. The minimum absolute atomic E-state index is 0.0366. The zero-order valence-electron chi connectivity index (χ0n) is 26.0. The zero-order chi connectivity index (χ0) is 35.2. The van der Waals surface area contributed by atoms with E-state index < -0.39 is 46.3 Å². The average Bonchev–Trinajstić information content (AvgIpc) is 3.79. The molecule has 0 radical (unpaired) electrons. The van der Waals surface area contributed by atoms with Crippen molar-refractivity contribution in [1.82, 2.24) is 49.5 Å². The van der Waals surface area contributed by atoms with Gasteiger partial charge in [-0.1, -0.05) is 37.6 Å². The molecule has 0 saturated carbocycles. The molecule has 12 nitrogen and oxygen atoms in total. The zero-order valence-corrected chi connectivity index (χ0v) is 26.7.